The smallest absolute Gasteiger partial charge is 0.303 e. The van der Waals surface area contributed by atoms with Crippen LogP contribution in [0.4, 0.5) is 5.69 Å². The van der Waals surface area contributed by atoms with Gasteiger partial charge in [-0.1, -0.05) is 26.2 Å². The highest BCUT2D eigenvalue weighted by atomic mass is 32.2. The van der Waals surface area contributed by atoms with Gasteiger partial charge in [0.25, 0.3) is 10.1 Å². The Morgan fingerprint density at radius 3 is 2.31 bits per heavy atom. The molecular formula is C20H33NO7S. The Morgan fingerprint density at radius 2 is 1.69 bits per heavy atom. The van der Waals surface area contributed by atoms with E-state index in [1.165, 1.54) is 12.1 Å². The maximum atomic E-state index is 11.5. The third-order valence-electron chi connectivity index (χ3n) is 4.83. The Balaban J connectivity index is 2.70. The number of carboxylic acid groups (broad SMARTS) is 1. The minimum absolute atomic E-state index is 0.0465. The quantitative estimate of drug-likeness (QED) is 0.161. The van der Waals surface area contributed by atoms with Crippen LogP contribution in [0.2, 0.25) is 0 Å². The molecule has 1 aromatic carbocycles. The first-order valence-electron chi connectivity index (χ1n) is 10.0. The van der Waals surface area contributed by atoms with Gasteiger partial charge < -0.3 is 20.6 Å². The molecule has 9 heteroatoms. The summed E-state index contributed by atoms with van der Waals surface area (Å²) in [6.07, 6.45) is 4.59. The van der Waals surface area contributed by atoms with E-state index in [-0.39, 0.29) is 17.2 Å². The molecule has 1 rings (SSSR count). The average molecular weight is 432 g/mol. The number of unbranched alkanes of at least 4 members (excludes halogenated alkanes) is 4. The van der Waals surface area contributed by atoms with Gasteiger partial charge in [-0.05, 0) is 61.8 Å². The van der Waals surface area contributed by atoms with Crippen LogP contribution in [0.15, 0.2) is 23.1 Å². The van der Waals surface area contributed by atoms with E-state index >= 15 is 0 Å². The van der Waals surface area contributed by atoms with Crippen molar-refractivity contribution < 1.29 is 33.1 Å². The Bertz CT molecular complexity index is 734. The lowest BCUT2D eigenvalue weighted by Gasteiger charge is -2.19. The van der Waals surface area contributed by atoms with Crippen molar-refractivity contribution in [2.75, 3.05) is 11.9 Å². The van der Waals surface area contributed by atoms with Crippen molar-refractivity contribution in [3.05, 3.63) is 23.8 Å². The predicted octanol–water partition coefficient (Wildman–Crippen LogP) is 3.35. The van der Waals surface area contributed by atoms with Crippen LogP contribution in [0.5, 0.6) is 0 Å². The second kappa shape index (κ2) is 12.8. The number of rotatable bonds is 15. The Hall–Kier alpha value is -1.68. The normalized spacial score (nSPS) is 12.9. The van der Waals surface area contributed by atoms with Crippen LogP contribution < -0.4 is 5.32 Å². The summed E-state index contributed by atoms with van der Waals surface area (Å²) in [5.74, 6) is -0.756. The summed E-state index contributed by atoms with van der Waals surface area (Å²) in [7, 11) is -4.29. The van der Waals surface area contributed by atoms with E-state index in [1.54, 1.807) is 6.07 Å². The maximum Gasteiger partial charge on any atom is 0.303 e. The standard InChI is InChI=1S/C20H33NO7S/c1-15(8-4-2-5-9-19(22)23)17-14-16(29(26,27)28)11-12-18(17)21-13-7-3-6-10-20(24)25/h11-12,14-15,19,21-23H,2-10,13H2,1H3,(H,24,25)(H,26,27,28). The second-order valence-electron chi connectivity index (χ2n) is 7.37. The molecule has 166 valence electrons. The van der Waals surface area contributed by atoms with Crippen molar-refractivity contribution >= 4 is 21.8 Å². The Labute approximate surface area is 172 Å². The number of aliphatic hydroxyl groups is 2. The van der Waals surface area contributed by atoms with Gasteiger partial charge >= 0.3 is 5.97 Å². The molecule has 0 aliphatic carbocycles. The Kier molecular flexibility index (Phi) is 11.2. The van der Waals surface area contributed by atoms with Gasteiger partial charge in [-0.25, -0.2) is 0 Å². The van der Waals surface area contributed by atoms with Gasteiger partial charge in [-0.2, -0.15) is 8.42 Å². The lowest BCUT2D eigenvalue weighted by molar-refractivity contribution is -0.137. The van der Waals surface area contributed by atoms with E-state index in [9.17, 15) is 17.8 Å². The molecule has 1 atom stereocenters. The number of anilines is 1. The van der Waals surface area contributed by atoms with Crippen molar-refractivity contribution in [1.82, 2.24) is 0 Å². The number of carboxylic acids is 1. The van der Waals surface area contributed by atoms with Crippen LogP contribution >= 0.6 is 0 Å². The summed E-state index contributed by atoms with van der Waals surface area (Å²) >= 11 is 0. The molecule has 0 aliphatic heterocycles. The highest BCUT2D eigenvalue weighted by Crippen LogP contribution is 2.31. The van der Waals surface area contributed by atoms with Crippen LogP contribution in [-0.2, 0) is 14.9 Å². The van der Waals surface area contributed by atoms with E-state index in [0.717, 1.165) is 43.4 Å². The van der Waals surface area contributed by atoms with E-state index in [1.807, 2.05) is 6.92 Å². The molecular weight excluding hydrogens is 398 g/mol. The van der Waals surface area contributed by atoms with E-state index < -0.39 is 22.4 Å². The first kappa shape index (κ1) is 25.4. The fourth-order valence-electron chi connectivity index (χ4n) is 3.18. The van der Waals surface area contributed by atoms with Gasteiger partial charge in [0.05, 0.1) is 4.90 Å². The zero-order valence-corrected chi connectivity index (χ0v) is 17.7. The second-order valence-corrected chi connectivity index (χ2v) is 8.80. The molecule has 0 saturated carbocycles. The fourth-order valence-corrected chi connectivity index (χ4v) is 3.70. The number of nitrogens with one attached hydrogen (secondary N) is 1. The molecule has 5 N–H and O–H groups in total. The lowest BCUT2D eigenvalue weighted by Crippen LogP contribution is -2.09. The van der Waals surface area contributed by atoms with Crippen LogP contribution in [0.25, 0.3) is 0 Å². The zero-order valence-electron chi connectivity index (χ0n) is 16.9. The van der Waals surface area contributed by atoms with Crippen LogP contribution in [-0.4, -0.2) is 47.1 Å². The molecule has 29 heavy (non-hydrogen) atoms. The summed E-state index contributed by atoms with van der Waals surface area (Å²) in [5, 5.41) is 29.7. The molecule has 0 bridgehead atoms. The summed E-state index contributed by atoms with van der Waals surface area (Å²) < 4.78 is 32.4. The molecule has 1 aromatic rings. The third kappa shape index (κ3) is 10.6. The van der Waals surface area contributed by atoms with Crippen molar-refractivity contribution in [2.24, 2.45) is 0 Å². The van der Waals surface area contributed by atoms with Crippen molar-refractivity contribution in [2.45, 2.75) is 81.8 Å². The van der Waals surface area contributed by atoms with Gasteiger partial charge in [0, 0.05) is 18.7 Å². The SMILES string of the molecule is CC(CCCCCC(O)O)c1cc(S(=O)(=O)O)ccc1NCCCCCC(=O)O. The van der Waals surface area contributed by atoms with Gasteiger partial charge in [-0.15, -0.1) is 0 Å². The molecule has 0 amide bonds. The van der Waals surface area contributed by atoms with E-state index in [4.69, 9.17) is 15.3 Å². The average Bonchev–Trinajstić information content (AvgIpc) is 2.62. The molecule has 0 spiro atoms. The van der Waals surface area contributed by atoms with E-state index in [0.29, 0.717) is 25.8 Å². The van der Waals surface area contributed by atoms with Gasteiger partial charge in [0.15, 0.2) is 6.29 Å². The van der Waals surface area contributed by atoms with Gasteiger partial charge in [0.2, 0.25) is 0 Å². The predicted molar refractivity (Wildman–Crippen MR) is 111 cm³/mol. The summed E-state index contributed by atoms with van der Waals surface area (Å²) in [6, 6.07) is 4.50. The topological polar surface area (TPSA) is 144 Å². The van der Waals surface area contributed by atoms with Gasteiger partial charge in [-0.3, -0.25) is 9.35 Å². The minimum atomic E-state index is -4.29. The molecule has 0 heterocycles. The first-order chi connectivity index (χ1) is 13.6. The minimum Gasteiger partial charge on any atom is -0.481 e. The van der Waals surface area contributed by atoms with Crippen molar-refractivity contribution in [3.63, 3.8) is 0 Å². The summed E-state index contributed by atoms with van der Waals surface area (Å²) in [6.45, 7) is 2.63. The van der Waals surface area contributed by atoms with Crippen molar-refractivity contribution in [1.29, 1.82) is 0 Å². The molecule has 0 aromatic heterocycles. The highest BCUT2D eigenvalue weighted by molar-refractivity contribution is 7.85. The molecule has 0 aliphatic rings. The van der Waals surface area contributed by atoms with Gasteiger partial charge in [0.1, 0.15) is 0 Å². The summed E-state index contributed by atoms with van der Waals surface area (Å²) in [5.41, 5.74) is 1.60. The molecule has 0 saturated heterocycles. The molecule has 8 nitrogen and oxygen atoms in total. The Morgan fingerprint density at radius 1 is 1.03 bits per heavy atom. The summed E-state index contributed by atoms with van der Waals surface area (Å²) in [4.78, 5) is 10.4. The maximum absolute atomic E-state index is 11.5. The zero-order chi connectivity index (χ0) is 21.9. The molecule has 1 unspecified atom stereocenters. The largest absolute Gasteiger partial charge is 0.481 e. The van der Waals surface area contributed by atoms with Crippen LogP contribution in [0, 0.1) is 0 Å². The highest BCUT2D eigenvalue weighted by Gasteiger charge is 2.16. The molecule has 0 radical (unpaired) electrons. The van der Waals surface area contributed by atoms with Crippen LogP contribution in [0.1, 0.15) is 76.2 Å². The monoisotopic (exact) mass is 431 g/mol. The number of hydrogen-bond acceptors (Lipinski definition) is 6. The van der Waals surface area contributed by atoms with E-state index in [2.05, 4.69) is 5.32 Å². The number of carbonyl (C=O) groups is 1. The number of benzene rings is 1. The fraction of sp³-hybridized carbons (Fsp3) is 0.650. The first-order valence-corrected chi connectivity index (χ1v) is 11.5. The number of aliphatic hydroxyl groups excluding tert-OH is 1. The number of hydrogen-bond donors (Lipinski definition) is 5. The van der Waals surface area contributed by atoms with Crippen LogP contribution in [0.3, 0.4) is 0 Å². The third-order valence-corrected chi connectivity index (χ3v) is 5.68. The lowest BCUT2D eigenvalue weighted by atomic mass is 9.93. The molecule has 0 fully saturated rings. The number of aliphatic carboxylic acids is 1. The van der Waals surface area contributed by atoms with Crippen molar-refractivity contribution in [3.8, 4) is 0 Å².